The van der Waals surface area contributed by atoms with Crippen LogP contribution in [0.25, 0.3) is 11.3 Å². The molecule has 1 aliphatic rings. The minimum Gasteiger partial charge on any atom is -0.436 e. The van der Waals surface area contributed by atoms with E-state index in [9.17, 15) is 9.59 Å². The van der Waals surface area contributed by atoms with E-state index in [1.807, 2.05) is 6.07 Å². The van der Waals surface area contributed by atoms with Crippen LogP contribution in [0.2, 0.25) is 0 Å². The molecule has 0 unspecified atom stereocenters. The number of cyclic esters (lactones) is 1. The quantitative estimate of drug-likeness (QED) is 0.620. The Labute approximate surface area is 137 Å². The van der Waals surface area contributed by atoms with Crippen molar-refractivity contribution in [3.63, 3.8) is 0 Å². The normalized spacial score (nSPS) is 16.2. The van der Waals surface area contributed by atoms with E-state index in [0.29, 0.717) is 11.3 Å². The molecule has 24 heavy (non-hydrogen) atoms. The largest absolute Gasteiger partial charge is 0.436 e. The second kappa shape index (κ2) is 6.40. The fourth-order valence-corrected chi connectivity index (χ4v) is 2.14. The smallest absolute Gasteiger partial charge is 0.350 e. The molecule has 4 N–H and O–H groups in total. The molecule has 1 aromatic heterocycles. The van der Waals surface area contributed by atoms with Crippen molar-refractivity contribution in [2.75, 3.05) is 12.5 Å². The van der Waals surface area contributed by atoms with Gasteiger partial charge >= 0.3 is 5.97 Å². The van der Waals surface area contributed by atoms with E-state index in [0.717, 1.165) is 5.56 Å². The Bertz CT molecular complexity index is 883. The van der Waals surface area contributed by atoms with Crippen molar-refractivity contribution in [2.24, 2.45) is 5.73 Å². The number of nitrogen functional groups attached to an aromatic ring is 1. The van der Waals surface area contributed by atoms with Gasteiger partial charge in [0.25, 0.3) is 5.91 Å². The van der Waals surface area contributed by atoms with E-state index in [4.69, 9.17) is 16.2 Å². The highest BCUT2D eigenvalue weighted by Crippen LogP contribution is 2.21. The molecule has 0 spiro atoms. The SMILES string of the molecule is NC(=O)c1nc(-c2cccc(C#C[C@@H]3OCOC3=O)c2)ccc1N. The van der Waals surface area contributed by atoms with Gasteiger partial charge in [-0.05, 0) is 24.3 Å². The molecule has 0 radical (unpaired) electrons. The van der Waals surface area contributed by atoms with Crippen molar-refractivity contribution in [2.45, 2.75) is 6.10 Å². The Kier molecular flexibility index (Phi) is 4.14. The molecule has 7 nitrogen and oxygen atoms in total. The lowest BCUT2D eigenvalue weighted by atomic mass is 10.1. The van der Waals surface area contributed by atoms with Crippen LogP contribution in [-0.2, 0) is 14.3 Å². The van der Waals surface area contributed by atoms with E-state index in [2.05, 4.69) is 21.6 Å². The summed E-state index contributed by atoms with van der Waals surface area (Å²) in [6.45, 7) is -0.0799. The van der Waals surface area contributed by atoms with Gasteiger partial charge in [-0.25, -0.2) is 9.78 Å². The van der Waals surface area contributed by atoms with Crippen LogP contribution in [0.15, 0.2) is 36.4 Å². The fourth-order valence-electron chi connectivity index (χ4n) is 2.14. The number of hydrogen-bond donors (Lipinski definition) is 2. The van der Waals surface area contributed by atoms with Gasteiger partial charge in [-0.15, -0.1) is 0 Å². The molecule has 1 aromatic carbocycles. The predicted octanol–water partition coefficient (Wildman–Crippen LogP) is 0.681. The van der Waals surface area contributed by atoms with E-state index >= 15 is 0 Å². The molecular formula is C17H13N3O4. The van der Waals surface area contributed by atoms with Crippen LogP contribution in [-0.4, -0.2) is 29.8 Å². The molecule has 2 aromatic rings. The minimum atomic E-state index is -0.871. The standard InChI is InChI=1S/C17H13N3O4/c18-12-5-6-13(20-15(12)16(19)21)11-3-1-2-10(8-11)4-7-14-17(22)24-9-23-14/h1-3,5-6,8,14H,9,18H2,(H2,19,21)/t14-/m0/s1. The van der Waals surface area contributed by atoms with Crippen LogP contribution in [0.1, 0.15) is 16.1 Å². The zero-order valence-electron chi connectivity index (χ0n) is 12.5. The number of pyridine rings is 1. The number of nitrogens with two attached hydrogens (primary N) is 2. The van der Waals surface area contributed by atoms with Crippen molar-refractivity contribution in [3.05, 3.63) is 47.7 Å². The third kappa shape index (κ3) is 3.19. The molecule has 1 aliphatic heterocycles. The molecule has 0 saturated carbocycles. The highest BCUT2D eigenvalue weighted by atomic mass is 16.7. The van der Waals surface area contributed by atoms with E-state index in [-0.39, 0.29) is 18.2 Å². The number of anilines is 1. The molecule has 120 valence electrons. The van der Waals surface area contributed by atoms with Crippen molar-refractivity contribution < 1.29 is 19.1 Å². The zero-order valence-corrected chi connectivity index (χ0v) is 12.5. The first-order valence-corrected chi connectivity index (χ1v) is 7.01. The first-order chi connectivity index (χ1) is 11.5. The van der Waals surface area contributed by atoms with Crippen molar-refractivity contribution in [3.8, 4) is 23.1 Å². The molecule has 7 heteroatoms. The maximum Gasteiger partial charge on any atom is 0.350 e. The molecular weight excluding hydrogens is 310 g/mol. The number of carbonyl (C=O) groups is 2. The van der Waals surface area contributed by atoms with Crippen LogP contribution >= 0.6 is 0 Å². The van der Waals surface area contributed by atoms with Crippen molar-refractivity contribution in [1.29, 1.82) is 0 Å². The number of ether oxygens (including phenoxy) is 2. The summed E-state index contributed by atoms with van der Waals surface area (Å²) in [7, 11) is 0. The van der Waals surface area contributed by atoms with Gasteiger partial charge in [0.15, 0.2) is 12.5 Å². The zero-order chi connectivity index (χ0) is 17.1. The van der Waals surface area contributed by atoms with Crippen LogP contribution in [0.5, 0.6) is 0 Å². The van der Waals surface area contributed by atoms with Gasteiger partial charge in [0.2, 0.25) is 6.10 Å². The van der Waals surface area contributed by atoms with Crippen molar-refractivity contribution in [1.82, 2.24) is 4.98 Å². The summed E-state index contributed by atoms with van der Waals surface area (Å²) >= 11 is 0. The topological polar surface area (TPSA) is 118 Å². The minimum absolute atomic E-state index is 0.0195. The van der Waals surface area contributed by atoms with Crippen LogP contribution in [0.4, 0.5) is 5.69 Å². The lowest BCUT2D eigenvalue weighted by Gasteiger charge is -2.05. The average Bonchev–Trinajstić information content (AvgIpc) is 2.98. The Balaban J connectivity index is 1.91. The summed E-state index contributed by atoms with van der Waals surface area (Å²) in [6.07, 6.45) is -0.871. The first kappa shape index (κ1) is 15.5. The lowest BCUT2D eigenvalue weighted by molar-refractivity contribution is -0.138. The Hall–Kier alpha value is -3.37. The summed E-state index contributed by atoms with van der Waals surface area (Å²) < 4.78 is 9.70. The Morgan fingerprint density at radius 2 is 2.12 bits per heavy atom. The number of aromatic nitrogens is 1. The van der Waals surface area contributed by atoms with Gasteiger partial charge in [-0.1, -0.05) is 24.0 Å². The van der Waals surface area contributed by atoms with Crippen LogP contribution in [0, 0.1) is 11.8 Å². The highest BCUT2D eigenvalue weighted by Gasteiger charge is 2.24. The molecule has 1 amide bonds. The second-order valence-corrected chi connectivity index (χ2v) is 4.98. The number of amides is 1. The third-order valence-corrected chi connectivity index (χ3v) is 3.32. The average molecular weight is 323 g/mol. The summed E-state index contributed by atoms with van der Waals surface area (Å²) in [5, 5.41) is 0. The summed E-state index contributed by atoms with van der Waals surface area (Å²) in [5.74, 6) is 4.37. The van der Waals surface area contributed by atoms with E-state index in [1.165, 1.54) is 0 Å². The molecule has 1 fully saturated rings. The monoisotopic (exact) mass is 323 g/mol. The number of rotatable bonds is 2. The molecule has 3 rings (SSSR count). The predicted molar refractivity (Wildman–Crippen MR) is 85.3 cm³/mol. The number of benzene rings is 1. The van der Waals surface area contributed by atoms with Gasteiger partial charge < -0.3 is 20.9 Å². The molecule has 1 saturated heterocycles. The number of carbonyl (C=O) groups excluding carboxylic acids is 2. The molecule has 0 bridgehead atoms. The summed E-state index contributed by atoms with van der Waals surface area (Å²) in [4.78, 5) is 26.8. The Morgan fingerprint density at radius 3 is 2.83 bits per heavy atom. The number of primary amides is 1. The number of nitrogens with zero attached hydrogens (tertiary/aromatic N) is 1. The first-order valence-electron chi connectivity index (χ1n) is 7.01. The maximum absolute atomic E-state index is 11.4. The van der Waals surface area contributed by atoms with Gasteiger partial charge in [0, 0.05) is 11.1 Å². The van der Waals surface area contributed by atoms with Crippen LogP contribution in [0.3, 0.4) is 0 Å². The summed E-state index contributed by atoms with van der Waals surface area (Å²) in [5.41, 5.74) is 13.1. The van der Waals surface area contributed by atoms with Crippen molar-refractivity contribution >= 4 is 17.6 Å². The lowest BCUT2D eigenvalue weighted by Crippen LogP contribution is -2.15. The molecule has 0 aliphatic carbocycles. The van der Waals surface area contributed by atoms with E-state index < -0.39 is 18.0 Å². The summed E-state index contributed by atoms with van der Waals surface area (Å²) in [6, 6.07) is 10.4. The van der Waals surface area contributed by atoms with Gasteiger partial charge in [0.1, 0.15) is 0 Å². The second-order valence-electron chi connectivity index (χ2n) is 4.98. The molecule has 1 atom stereocenters. The highest BCUT2D eigenvalue weighted by molar-refractivity contribution is 5.96. The third-order valence-electron chi connectivity index (χ3n) is 3.32. The van der Waals surface area contributed by atoms with Gasteiger partial charge in [-0.3, -0.25) is 4.79 Å². The van der Waals surface area contributed by atoms with E-state index in [1.54, 1.807) is 30.3 Å². The molecule has 2 heterocycles. The fraction of sp³-hybridized carbons (Fsp3) is 0.118. The van der Waals surface area contributed by atoms with Gasteiger partial charge in [-0.2, -0.15) is 0 Å². The van der Waals surface area contributed by atoms with Crippen LogP contribution < -0.4 is 11.5 Å². The maximum atomic E-state index is 11.4. The Morgan fingerprint density at radius 1 is 1.29 bits per heavy atom. The number of hydrogen-bond acceptors (Lipinski definition) is 6. The van der Waals surface area contributed by atoms with Gasteiger partial charge in [0.05, 0.1) is 11.4 Å². The number of esters is 1.